The van der Waals surface area contributed by atoms with Crippen LogP contribution in [0.3, 0.4) is 0 Å². The number of rotatable bonds is 14. The minimum Gasteiger partial charge on any atom is -0.256 e. The minimum absolute atomic E-state index is 0.623. The molecule has 6 heterocycles. The first kappa shape index (κ1) is 82.4. The summed E-state index contributed by atoms with van der Waals surface area (Å²) in [5, 5.41) is 17.6. The SMILES string of the molecule is c1ccc(-c2nc(-c3ccccc3)nc(-c3ccc(-c4cccc5cccnc45)cc3)n2)cc1.c1ccc2c(-c3ccc(-c4nc(-c5ccc(-c6cccc7ccccc67)cc5)nc(-c5ccc(-c6ccnc7ccccc67)cc5)n4)cc3)cccc2c1.c1ccc2c(c1)cc(-c1nc(-c3ccc(-c4ccnc5ccccc45)cc3)nc(-c3cc4ccccc4c4ccccc34)n1)c1ccccc12. The number of pyridine rings is 3. The summed E-state index contributed by atoms with van der Waals surface area (Å²) in [6, 6.07) is 162. The highest BCUT2D eigenvalue weighted by atomic mass is 15.1. The molecule has 138 heavy (non-hydrogen) atoms. The highest BCUT2D eigenvalue weighted by molar-refractivity contribution is 6.15. The molecule has 0 aliphatic carbocycles. The summed E-state index contributed by atoms with van der Waals surface area (Å²) in [5.41, 5.74) is 22.9. The molecule has 0 amide bonds. The maximum atomic E-state index is 5.28. The molecule has 0 radical (unpaired) electrons. The predicted octanol–water partition coefficient (Wildman–Crippen LogP) is 31.5. The first-order chi connectivity index (χ1) is 68.4. The number of fused-ring (bicyclic) bond motifs is 11. The minimum atomic E-state index is 0.623. The molecule has 26 rings (SSSR count). The number of hydrogen-bond acceptors (Lipinski definition) is 12. The van der Waals surface area contributed by atoms with Gasteiger partial charge in [0.25, 0.3) is 0 Å². The predicted molar refractivity (Wildman–Crippen MR) is 567 cm³/mol. The van der Waals surface area contributed by atoms with Crippen molar-refractivity contribution in [2.75, 3.05) is 0 Å². The van der Waals surface area contributed by atoms with Crippen LogP contribution in [0.2, 0.25) is 0 Å². The van der Waals surface area contributed by atoms with Gasteiger partial charge in [-0.15, -0.1) is 0 Å². The van der Waals surface area contributed by atoms with Gasteiger partial charge in [-0.25, -0.2) is 44.9 Å². The second kappa shape index (κ2) is 36.4. The van der Waals surface area contributed by atoms with Crippen molar-refractivity contribution in [3.63, 3.8) is 0 Å². The summed E-state index contributed by atoms with van der Waals surface area (Å²) >= 11 is 0. The van der Waals surface area contributed by atoms with E-state index in [1.807, 2.05) is 110 Å². The molecule has 0 N–H and O–H groups in total. The Morgan fingerprint density at radius 2 is 0.362 bits per heavy atom. The molecule has 20 aromatic carbocycles. The van der Waals surface area contributed by atoms with Crippen LogP contribution in [0, 0.1) is 0 Å². The summed E-state index contributed by atoms with van der Waals surface area (Å²) in [6.45, 7) is 0. The number of para-hydroxylation sites is 3. The summed E-state index contributed by atoms with van der Waals surface area (Å²) in [7, 11) is 0. The fourth-order valence-electron chi connectivity index (χ4n) is 18.9. The number of aromatic nitrogens is 12. The van der Waals surface area contributed by atoms with Gasteiger partial charge in [-0.2, -0.15) is 0 Å². The molecule has 0 spiro atoms. The van der Waals surface area contributed by atoms with Crippen LogP contribution in [0.1, 0.15) is 0 Å². The van der Waals surface area contributed by atoms with E-state index in [4.69, 9.17) is 44.9 Å². The van der Waals surface area contributed by atoms with Gasteiger partial charge in [-0.05, 0) is 157 Å². The van der Waals surface area contributed by atoms with E-state index in [2.05, 4.69) is 391 Å². The van der Waals surface area contributed by atoms with Crippen molar-refractivity contribution >= 4 is 97.3 Å². The molecule has 26 aromatic rings. The van der Waals surface area contributed by atoms with Gasteiger partial charge in [0.15, 0.2) is 52.4 Å². The summed E-state index contributed by atoms with van der Waals surface area (Å²) < 4.78 is 0. The number of nitrogens with zero attached hydrogens (tertiary/aromatic N) is 12. The number of benzene rings is 20. The molecule has 0 fully saturated rings. The van der Waals surface area contributed by atoms with Crippen LogP contribution in [0.4, 0.5) is 0 Å². The van der Waals surface area contributed by atoms with Crippen LogP contribution in [-0.2, 0) is 0 Å². The normalized spacial score (nSPS) is 11.3. The van der Waals surface area contributed by atoms with Gasteiger partial charge in [0.1, 0.15) is 0 Å². The molecule has 0 unspecified atom stereocenters. The van der Waals surface area contributed by atoms with Gasteiger partial charge < -0.3 is 0 Å². The zero-order valence-electron chi connectivity index (χ0n) is 74.6. The summed E-state index contributed by atoms with van der Waals surface area (Å²) in [4.78, 5) is 59.1. The van der Waals surface area contributed by atoms with E-state index in [0.717, 1.165) is 149 Å². The molecule has 12 heteroatoms. The summed E-state index contributed by atoms with van der Waals surface area (Å²) in [6.07, 6.45) is 5.58. The van der Waals surface area contributed by atoms with Crippen LogP contribution < -0.4 is 0 Å². The van der Waals surface area contributed by atoms with Gasteiger partial charge in [0.05, 0.1) is 16.6 Å². The van der Waals surface area contributed by atoms with Crippen LogP contribution >= 0.6 is 0 Å². The first-order valence-corrected chi connectivity index (χ1v) is 46.1. The lowest BCUT2D eigenvalue weighted by Gasteiger charge is -2.14. The third-order valence-electron chi connectivity index (χ3n) is 25.8. The fraction of sp³-hybridized carbons (Fsp3) is 0. The molecule has 644 valence electrons. The third kappa shape index (κ3) is 16.2. The van der Waals surface area contributed by atoms with Gasteiger partial charge in [-0.3, -0.25) is 15.0 Å². The van der Waals surface area contributed by atoms with E-state index in [1.165, 1.54) is 54.2 Å². The van der Waals surface area contributed by atoms with Crippen molar-refractivity contribution in [2.24, 2.45) is 0 Å². The topological polar surface area (TPSA) is 155 Å². The Balaban J connectivity index is 0.000000116. The molecule has 6 aromatic heterocycles. The molecule has 0 aliphatic heterocycles. The standard InChI is InChI=1S/C50H32N4.C46H28N4.C30H20N4/c1-3-13-41-33(9-1)11-7-16-43(41)35-19-25-38(26-20-35)48-52-49(39-27-21-36(22-28-39)44-17-8-12-34-10-2-4-14-42(34)44)54-50(53-48)40-29-23-37(24-30-40)45-31-32-51-47-18-6-5-15-46(45)47;1-3-13-33-31(11-1)27-41(38-17-7-5-15-36(33)38)45-48-44(30-23-21-29(22-24-30)35-25-26-47-43-20-10-9-19-40(35)43)49-46(50-45)42-28-32-12-2-4-14-34(32)37-16-6-8-18-39(37)42;1-3-9-23(10-4-1)28-32-29(24-11-5-2-6-12-24)34-30(33-28)25-18-16-21(17-19-25)26-15-7-13-22-14-8-20-31-27(22)26/h1-32H;1-28H;1-20H. The van der Waals surface area contributed by atoms with Gasteiger partial charge in [0, 0.05) is 90.4 Å². The highest BCUT2D eigenvalue weighted by Gasteiger charge is 2.23. The Kier molecular flexibility index (Phi) is 21.7. The molecule has 0 saturated heterocycles. The first-order valence-electron chi connectivity index (χ1n) is 46.1. The average molecular weight is 1760 g/mol. The van der Waals surface area contributed by atoms with E-state index in [9.17, 15) is 0 Å². The van der Waals surface area contributed by atoms with E-state index >= 15 is 0 Å². The lowest BCUT2D eigenvalue weighted by atomic mass is 9.96. The Bertz CT molecular complexity index is 8560. The van der Waals surface area contributed by atoms with Crippen LogP contribution in [0.5, 0.6) is 0 Å². The molecule has 0 aliphatic rings. The average Bonchev–Trinajstić information content (AvgIpc) is 0.741. The smallest absolute Gasteiger partial charge is 0.164 e. The van der Waals surface area contributed by atoms with Crippen molar-refractivity contribution in [2.45, 2.75) is 0 Å². The van der Waals surface area contributed by atoms with Crippen molar-refractivity contribution < 1.29 is 0 Å². The molecular weight excluding hydrogens is 1680 g/mol. The van der Waals surface area contributed by atoms with Crippen molar-refractivity contribution in [3.05, 3.63) is 486 Å². The molecule has 12 nitrogen and oxygen atoms in total. The molecule has 0 atom stereocenters. The molecular formula is C126H80N12. The van der Waals surface area contributed by atoms with Gasteiger partial charge in [0.2, 0.25) is 0 Å². The Morgan fingerprint density at radius 3 is 0.739 bits per heavy atom. The maximum Gasteiger partial charge on any atom is 0.164 e. The van der Waals surface area contributed by atoms with Crippen molar-refractivity contribution in [1.29, 1.82) is 0 Å². The van der Waals surface area contributed by atoms with Gasteiger partial charge >= 0.3 is 0 Å². The fourth-order valence-corrected chi connectivity index (χ4v) is 18.9. The highest BCUT2D eigenvalue weighted by Crippen LogP contribution is 2.42. The Labute approximate surface area is 795 Å². The van der Waals surface area contributed by atoms with Crippen molar-refractivity contribution in [1.82, 2.24) is 59.8 Å². The quantitative estimate of drug-likeness (QED) is 0.0952. The maximum absolute atomic E-state index is 5.28. The lowest BCUT2D eigenvalue weighted by Crippen LogP contribution is -2.01. The van der Waals surface area contributed by atoms with Crippen LogP contribution in [0.25, 0.3) is 255 Å². The van der Waals surface area contributed by atoms with E-state index in [1.54, 1.807) is 0 Å². The van der Waals surface area contributed by atoms with E-state index < -0.39 is 0 Å². The summed E-state index contributed by atoms with van der Waals surface area (Å²) in [5.74, 6) is 5.77. The van der Waals surface area contributed by atoms with Crippen LogP contribution in [0.15, 0.2) is 486 Å². The monoisotopic (exact) mass is 1760 g/mol. The third-order valence-corrected chi connectivity index (χ3v) is 25.8. The molecule has 0 saturated carbocycles. The Hall–Kier alpha value is -18.8. The van der Waals surface area contributed by atoms with E-state index in [-0.39, 0.29) is 0 Å². The van der Waals surface area contributed by atoms with Crippen molar-refractivity contribution in [3.8, 4) is 158 Å². The zero-order chi connectivity index (χ0) is 91.6. The van der Waals surface area contributed by atoms with Crippen LogP contribution in [-0.4, -0.2) is 59.8 Å². The van der Waals surface area contributed by atoms with Gasteiger partial charge in [-0.1, -0.05) is 425 Å². The zero-order valence-corrected chi connectivity index (χ0v) is 74.6. The Morgan fingerprint density at radius 1 is 0.116 bits per heavy atom. The lowest BCUT2D eigenvalue weighted by molar-refractivity contribution is 1.07. The number of hydrogen-bond donors (Lipinski definition) is 0. The molecule has 0 bridgehead atoms. The second-order valence-electron chi connectivity index (χ2n) is 34.1. The second-order valence-corrected chi connectivity index (χ2v) is 34.1. The van der Waals surface area contributed by atoms with E-state index in [0.29, 0.717) is 52.4 Å². The largest absolute Gasteiger partial charge is 0.256 e.